The second-order valence-electron chi connectivity index (χ2n) is 29.2. The molecule has 0 aliphatic heterocycles. The van der Waals surface area contributed by atoms with E-state index in [1.54, 1.807) is 181 Å². The van der Waals surface area contributed by atoms with Gasteiger partial charge in [0.1, 0.15) is 57.8 Å². The number of fused-ring (bicyclic) bond motifs is 4. The van der Waals surface area contributed by atoms with E-state index in [0.717, 1.165) is 45.3 Å². The molecule has 0 aliphatic carbocycles. The molecule has 0 radical (unpaired) electrons. The van der Waals surface area contributed by atoms with Crippen molar-refractivity contribution in [2.24, 2.45) is 0 Å². The highest BCUT2D eigenvalue weighted by atomic mass is 35.5. The summed E-state index contributed by atoms with van der Waals surface area (Å²) in [6.07, 6.45) is 6.40. The van der Waals surface area contributed by atoms with Crippen molar-refractivity contribution in [2.75, 3.05) is 54.6 Å². The molecule has 650 valence electrons. The molecule has 0 unspecified atom stereocenters. The fourth-order valence-electron chi connectivity index (χ4n) is 14.5. The van der Waals surface area contributed by atoms with Crippen LogP contribution >= 0.6 is 11.6 Å². The topological polar surface area (TPSA) is 330 Å². The fourth-order valence-corrected chi connectivity index (χ4v) is 14.7. The van der Waals surface area contributed by atoms with Gasteiger partial charge < -0.3 is 38.5 Å². The van der Waals surface area contributed by atoms with Crippen LogP contribution in [0.25, 0.3) is 88.1 Å². The van der Waals surface area contributed by atoms with E-state index in [1.165, 1.54) is 63.2 Å². The molecule has 0 aliphatic rings. The third kappa shape index (κ3) is 20.8. The molecule has 6 aromatic heterocycles. The Kier molecular flexibility index (Phi) is 28.8. The van der Waals surface area contributed by atoms with Gasteiger partial charge in [0, 0.05) is 116 Å². The fraction of sp³-hybridized carbons (Fsp3) is 0.165. The largest absolute Gasteiger partial charge is 0.493 e. The molecule has 129 heavy (non-hydrogen) atoms. The minimum Gasteiger partial charge on any atom is -0.493 e. The zero-order valence-corrected chi connectivity index (χ0v) is 71.4. The van der Waals surface area contributed by atoms with E-state index < -0.39 is 29.1 Å². The predicted octanol–water partition coefficient (Wildman–Crippen LogP) is 19.5. The van der Waals surface area contributed by atoms with E-state index in [-0.39, 0.29) is 90.0 Å². The summed E-state index contributed by atoms with van der Waals surface area (Å²) in [7, 11) is 6.63. The van der Waals surface area contributed by atoms with E-state index in [4.69, 9.17) is 30.5 Å². The number of hydrogen-bond donors (Lipinski definition) is 4. The second kappa shape index (κ2) is 41.1. The molecule has 0 atom stereocenters. The SMILES string of the molecule is CCOc1cc(C(=O)N(C)Cc2ccc(C#N)c3cn[nH]c23)cc(F)c1-c1ccccc1.CCOc1cc(C(=O)N(C)Cc2ccc(C#N)c3cn[nH]c23)ccc1-c1cc(F)cc(F)c1.CCOc1nc(C(=O)N(C)Cc2ccc(C#N)c3cn[nH]c23)ccc1-c1cc(F)cc(F)c1.CCOc1nc(C(=O)N(C)Cc2ccc(Cl)c3cn[nH]c23)ccc1-c1cccc(F)c1. The number of ether oxygens (including phenoxy) is 4. The van der Waals surface area contributed by atoms with Crippen LogP contribution in [0.4, 0.5) is 26.3 Å². The van der Waals surface area contributed by atoms with Gasteiger partial charge in [-0.15, -0.1) is 0 Å². The average Bonchev–Trinajstić information content (AvgIpc) is 1.17. The summed E-state index contributed by atoms with van der Waals surface area (Å²) in [5, 5.41) is 58.9. The lowest BCUT2D eigenvalue weighted by Crippen LogP contribution is -2.27. The van der Waals surface area contributed by atoms with Crippen LogP contribution in [-0.4, -0.2) is 149 Å². The lowest BCUT2D eigenvalue weighted by atomic mass is 10.0. The number of carbonyl (C=O) groups excluding carboxylic acids is 4. The zero-order valence-electron chi connectivity index (χ0n) is 70.7. The summed E-state index contributed by atoms with van der Waals surface area (Å²) in [5.41, 5.74) is 12.3. The monoisotopic (exact) mass is 1760 g/mol. The van der Waals surface area contributed by atoms with Gasteiger partial charge in [0.05, 0.1) is 119 Å². The maximum Gasteiger partial charge on any atom is 0.272 e. The van der Waals surface area contributed by atoms with Crippen LogP contribution in [0.5, 0.6) is 23.3 Å². The number of aromatic amines is 4. The van der Waals surface area contributed by atoms with Crippen molar-refractivity contribution in [1.82, 2.24) is 70.4 Å². The molecule has 0 saturated carbocycles. The van der Waals surface area contributed by atoms with Crippen molar-refractivity contribution in [3.63, 3.8) is 0 Å². The van der Waals surface area contributed by atoms with Crippen LogP contribution in [0, 0.1) is 68.9 Å². The number of nitrogens with zero attached hydrogens (tertiary/aromatic N) is 13. The van der Waals surface area contributed by atoms with Crippen LogP contribution in [0.2, 0.25) is 5.02 Å². The summed E-state index contributed by atoms with van der Waals surface area (Å²) >= 11 is 6.20. The Hall–Kier alpha value is -16.2. The van der Waals surface area contributed by atoms with Gasteiger partial charge in [0.2, 0.25) is 11.8 Å². The standard InChI is InChI=1S/C25H20F2N4O2.C25H21FN4O2.C24H19F2N5O2.C23H20ClFN4O2/c1-3-33-23-10-15(6-7-21(23)18-8-19(26)11-20(27)9-18)25(32)31(2)14-17-5-4-16(12-28)22-13-29-30-24(17)22;1-3-32-22-12-19(11-21(26)23(22)16-7-5-4-6-8-16)25(31)30(2)15-18-10-9-17(13-27)20-14-28-29-24(18)20;1-3-33-23-19(16-8-17(25)10-18(26)9-16)6-7-21(29-23)24(32)31(2)13-15-5-4-14(11-27)20-12-28-30-22(15)20;1-3-31-22-17(14-5-4-6-16(25)11-14)8-10-20(27-22)23(30)29(2)13-15-7-9-19(24)18-12-26-28-21(15)18/h4-11,13H,3,14H2,1-2H3,(H,29,30);4-12,14H,3,15H2,1-2H3,(H,28,29);4-10,12H,3,13H2,1-2H3,(H,28,30);4-12H,3,13H2,1-2H3,(H,26,28). The molecule has 0 spiro atoms. The maximum atomic E-state index is 15.1. The second-order valence-corrected chi connectivity index (χ2v) is 29.6. The first-order valence-corrected chi connectivity index (χ1v) is 40.6. The molecule has 10 aromatic carbocycles. The lowest BCUT2D eigenvalue weighted by molar-refractivity contribution is 0.0772. The Morgan fingerprint density at radius 3 is 1.18 bits per heavy atom. The molecular weight excluding hydrogens is 1680 g/mol. The minimum atomic E-state index is -0.722. The molecule has 4 amide bonds. The first-order chi connectivity index (χ1) is 62.3. The summed E-state index contributed by atoms with van der Waals surface area (Å²) < 4.78 is 106. The number of aromatic nitrogens is 10. The van der Waals surface area contributed by atoms with Gasteiger partial charge in [-0.3, -0.25) is 39.6 Å². The molecule has 32 heteroatoms. The van der Waals surface area contributed by atoms with E-state index >= 15 is 4.39 Å². The third-order valence-electron chi connectivity index (χ3n) is 20.5. The number of H-pyrrole nitrogens is 4. The summed E-state index contributed by atoms with van der Waals surface area (Å²) in [4.78, 5) is 67.2. The highest BCUT2D eigenvalue weighted by Crippen LogP contribution is 2.39. The number of nitriles is 3. The van der Waals surface area contributed by atoms with Crippen molar-refractivity contribution in [3.05, 3.63) is 320 Å². The molecular formula is C97H80ClF6N17O8. The van der Waals surface area contributed by atoms with Crippen molar-refractivity contribution in [2.45, 2.75) is 53.9 Å². The Balaban J connectivity index is 0.000000147. The van der Waals surface area contributed by atoms with Gasteiger partial charge in [-0.2, -0.15) is 36.2 Å². The summed E-state index contributed by atoms with van der Waals surface area (Å²) in [6, 6.07) is 56.1. The number of amides is 4. The van der Waals surface area contributed by atoms with Crippen LogP contribution in [0.1, 0.15) is 108 Å². The van der Waals surface area contributed by atoms with E-state index in [1.807, 2.05) is 38.1 Å². The number of benzene rings is 10. The number of nitrogens with one attached hydrogen (secondary N) is 4. The predicted molar refractivity (Wildman–Crippen MR) is 474 cm³/mol. The highest BCUT2D eigenvalue weighted by molar-refractivity contribution is 6.35. The van der Waals surface area contributed by atoms with Crippen LogP contribution in [0.15, 0.2) is 219 Å². The number of hydrogen-bond acceptors (Lipinski definition) is 17. The summed E-state index contributed by atoms with van der Waals surface area (Å²) in [5.74, 6) is -3.88. The molecule has 4 N–H and O–H groups in total. The number of rotatable bonds is 24. The van der Waals surface area contributed by atoms with E-state index in [0.29, 0.717) is 137 Å². The molecule has 16 aromatic rings. The average molecular weight is 1760 g/mol. The first kappa shape index (κ1) is 90.5. The molecule has 6 heterocycles. The molecule has 16 rings (SSSR count). The van der Waals surface area contributed by atoms with Crippen molar-refractivity contribution >= 4 is 78.8 Å². The zero-order chi connectivity index (χ0) is 91.7. The first-order valence-electron chi connectivity index (χ1n) is 40.3. The van der Waals surface area contributed by atoms with Crippen LogP contribution in [-0.2, 0) is 26.2 Å². The number of halogens is 7. The number of carbonyl (C=O) groups is 4. The number of pyridine rings is 2. The quantitative estimate of drug-likeness (QED) is 0.0408. The van der Waals surface area contributed by atoms with Gasteiger partial charge in [0.15, 0.2) is 0 Å². The Labute approximate surface area is 740 Å². The molecule has 0 fully saturated rings. The van der Waals surface area contributed by atoms with Gasteiger partial charge in [-0.05, 0) is 187 Å². The third-order valence-corrected chi connectivity index (χ3v) is 20.9. The molecule has 25 nitrogen and oxygen atoms in total. The minimum absolute atomic E-state index is 0.107. The van der Waals surface area contributed by atoms with Crippen LogP contribution in [0.3, 0.4) is 0 Å². The Morgan fingerprint density at radius 2 is 0.736 bits per heavy atom. The lowest BCUT2D eigenvalue weighted by Gasteiger charge is -2.20. The highest BCUT2D eigenvalue weighted by Gasteiger charge is 2.26. The Morgan fingerprint density at radius 1 is 0.364 bits per heavy atom. The van der Waals surface area contributed by atoms with Crippen molar-refractivity contribution in [3.8, 4) is 86.0 Å². The van der Waals surface area contributed by atoms with E-state index in [9.17, 15) is 56.9 Å². The van der Waals surface area contributed by atoms with Gasteiger partial charge >= 0.3 is 0 Å². The van der Waals surface area contributed by atoms with Gasteiger partial charge in [-0.1, -0.05) is 78.3 Å². The summed E-state index contributed by atoms with van der Waals surface area (Å²) in [6.45, 7) is 9.59. The van der Waals surface area contributed by atoms with Crippen molar-refractivity contribution in [1.29, 1.82) is 15.8 Å². The smallest absolute Gasteiger partial charge is 0.272 e. The van der Waals surface area contributed by atoms with Crippen molar-refractivity contribution < 1.29 is 64.5 Å². The van der Waals surface area contributed by atoms with Gasteiger partial charge in [-0.25, -0.2) is 36.3 Å². The molecule has 0 bridgehead atoms. The van der Waals surface area contributed by atoms with Crippen LogP contribution < -0.4 is 18.9 Å². The molecule has 0 saturated heterocycles. The maximum absolute atomic E-state index is 15.1. The normalized spacial score (nSPS) is 10.8. The Bertz CT molecular complexity index is 6770. The van der Waals surface area contributed by atoms with E-state index in [2.05, 4.69) is 69.0 Å². The van der Waals surface area contributed by atoms with Gasteiger partial charge in [0.25, 0.3) is 23.6 Å².